The number of aryl methyl sites for hydroxylation is 1. The Labute approximate surface area is 262 Å². The number of hydrogen-bond donors (Lipinski definition) is 2. The number of aromatic nitrogens is 3. The fourth-order valence-electron chi connectivity index (χ4n) is 4.37. The number of carbonyl (C=O) groups is 3. The molecule has 2 aromatic heterocycles. The standard InChI is InChI=1S/C33H39N7O5/c1-6-44-29(41)16-18-40(27-9-7-8-17-35-27)31(42)23-12-15-26-25(19-23)38-28(39(26)5)20-36-24-13-10-22(11-14-24)30(34)37-21-45-32(43)33(2,3)4/h7-15,17,19,36H,6,16,18,20-21H2,1-5H3,(H2,34,37). The number of ether oxygens (including phenoxy) is 2. The second-order valence-corrected chi connectivity index (χ2v) is 11.3. The smallest absolute Gasteiger partial charge is 0.313 e. The molecule has 12 heteroatoms. The molecule has 2 aromatic carbocycles. The number of nitrogens with zero attached hydrogens (tertiary/aromatic N) is 5. The first-order valence-electron chi connectivity index (χ1n) is 14.6. The second kappa shape index (κ2) is 14.5. The lowest BCUT2D eigenvalue weighted by atomic mass is 9.98. The molecule has 0 atom stereocenters. The van der Waals surface area contributed by atoms with Crippen LogP contribution in [0, 0.1) is 5.41 Å². The SMILES string of the molecule is CCOC(=O)CCN(C(=O)c1ccc2c(c1)nc(CNc1ccc(/C(N)=N/COC(=O)C(C)(C)C)cc1)n2C)c1ccccn1. The normalized spacial score (nSPS) is 11.7. The molecule has 0 bridgehead atoms. The van der Waals surface area contributed by atoms with Gasteiger partial charge in [0.25, 0.3) is 5.91 Å². The van der Waals surface area contributed by atoms with Gasteiger partial charge in [-0.25, -0.2) is 15.0 Å². The minimum atomic E-state index is -0.607. The van der Waals surface area contributed by atoms with Crippen LogP contribution in [0.1, 0.15) is 55.9 Å². The van der Waals surface area contributed by atoms with Gasteiger partial charge >= 0.3 is 11.9 Å². The number of anilines is 2. The molecule has 0 saturated heterocycles. The summed E-state index contributed by atoms with van der Waals surface area (Å²) in [6.45, 7) is 7.76. The van der Waals surface area contributed by atoms with Crippen molar-refractivity contribution in [3.63, 3.8) is 0 Å². The summed E-state index contributed by atoms with van der Waals surface area (Å²) in [6.07, 6.45) is 1.65. The van der Waals surface area contributed by atoms with Gasteiger partial charge in [-0.2, -0.15) is 0 Å². The fraction of sp³-hybridized carbons (Fsp3) is 0.333. The Balaban J connectivity index is 1.43. The van der Waals surface area contributed by atoms with Crippen molar-refractivity contribution in [3.8, 4) is 0 Å². The third-order valence-electron chi connectivity index (χ3n) is 6.91. The molecule has 0 aliphatic carbocycles. The first kappa shape index (κ1) is 32.6. The van der Waals surface area contributed by atoms with Crippen LogP contribution in [-0.2, 0) is 32.7 Å². The van der Waals surface area contributed by atoms with Crippen molar-refractivity contribution in [2.24, 2.45) is 23.2 Å². The summed E-state index contributed by atoms with van der Waals surface area (Å²) in [5, 5.41) is 3.36. The van der Waals surface area contributed by atoms with Gasteiger partial charge in [-0.15, -0.1) is 0 Å². The van der Waals surface area contributed by atoms with Crippen LogP contribution in [0.5, 0.6) is 0 Å². The summed E-state index contributed by atoms with van der Waals surface area (Å²) in [5.74, 6) is 0.464. The summed E-state index contributed by atoms with van der Waals surface area (Å²) in [6, 6.07) is 18.0. The van der Waals surface area contributed by atoms with E-state index < -0.39 is 5.41 Å². The zero-order chi connectivity index (χ0) is 32.6. The number of fused-ring (bicyclic) bond motifs is 1. The van der Waals surface area contributed by atoms with Crippen molar-refractivity contribution >= 4 is 46.2 Å². The number of amides is 1. The summed E-state index contributed by atoms with van der Waals surface area (Å²) in [7, 11) is 1.92. The predicted octanol–water partition coefficient (Wildman–Crippen LogP) is 4.43. The summed E-state index contributed by atoms with van der Waals surface area (Å²) < 4.78 is 12.2. The van der Waals surface area contributed by atoms with Crippen molar-refractivity contribution in [3.05, 3.63) is 83.8 Å². The third-order valence-corrected chi connectivity index (χ3v) is 6.91. The van der Waals surface area contributed by atoms with Crippen molar-refractivity contribution in [2.45, 2.75) is 40.7 Å². The van der Waals surface area contributed by atoms with Gasteiger partial charge in [0.15, 0.2) is 6.73 Å². The Morgan fingerprint density at radius 2 is 1.76 bits per heavy atom. The van der Waals surface area contributed by atoms with Crippen LogP contribution in [-0.4, -0.2) is 58.1 Å². The lowest BCUT2D eigenvalue weighted by Gasteiger charge is -2.21. The number of carbonyl (C=O) groups excluding carboxylic acids is 3. The second-order valence-electron chi connectivity index (χ2n) is 11.3. The largest absolute Gasteiger partial charge is 0.466 e. The summed E-state index contributed by atoms with van der Waals surface area (Å²) >= 11 is 0. The van der Waals surface area contributed by atoms with Crippen LogP contribution in [0.4, 0.5) is 11.5 Å². The molecule has 0 radical (unpaired) electrons. The molecule has 0 unspecified atom stereocenters. The highest BCUT2D eigenvalue weighted by Crippen LogP contribution is 2.22. The molecular formula is C33H39N7O5. The number of nitrogens with one attached hydrogen (secondary N) is 1. The van der Waals surface area contributed by atoms with Gasteiger partial charge in [0.2, 0.25) is 0 Å². The van der Waals surface area contributed by atoms with Crippen LogP contribution in [0.25, 0.3) is 11.0 Å². The first-order valence-corrected chi connectivity index (χ1v) is 14.6. The minimum Gasteiger partial charge on any atom is -0.466 e. The molecule has 4 aromatic rings. The van der Waals surface area contributed by atoms with E-state index in [0.29, 0.717) is 29.0 Å². The number of amidine groups is 1. The molecule has 1 amide bonds. The van der Waals surface area contributed by atoms with Crippen LogP contribution in [0.15, 0.2) is 71.9 Å². The maximum Gasteiger partial charge on any atom is 0.313 e. The average molecular weight is 614 g/mol. The average Bonchev–Trinajstić information content (AvgIpc) is 3.34. The number of hydrogen-bond acceptors (Lipinski definition) is 9. The fourth-order valence-corrected chi connectivity index (χ4v) is 4.37. The maximum atomic E-state index is 13.6. The third kappa shape index (κ3) is 8.43. The number of nitrogens with two attached hydrogens (primary N) is 1. The lowest BCUT2D eigenvalue weighted by Crippen LogP contribution is -2.34. The Morgan fingerprint density at radius 1 is 1.02 bits per heavy atom. The van der Waals surface area contributed by atoms with E-state index >= 15 is 0 Å². The van der Waals surface area contributed by atoms with E-state index in [2.05, 4.69) is 15.3 Å². The van der Waals surface area contributed by atoms with E-state index in [1.807, 2.05) is 41.9 Å². The van der Waals surface area contributed by atoms with Crippen LogP contribution >= 0.6 is 0 Å². The zero-order valence-electron chi connectivity index (χ0n) is 26.2. The van der Waals surface area contributed by atoms with Gasteiger partial charge < -0.3 is 25.1 Å². The van der Waals surface area contributed by atoms with E-state index in [0.717, 1.165) is 17.0 Å². The highest BCUT2D eigenvalue weighted by atomic mass is 16.5. The van der Waals surface area contributed by atoms with E-state index in [1.54, 1.807) is 64.2 Å². The van der Waals surface area contributed by atoms with Gasteiger partial charge in [0.1, 0.15) is 17.5 Å². The predicted molar refractivity (Wildman–Crippen MR) is 173 cm³/mol. The van der Waals surface area contributed by atoms with Gasteiger partial charge in [-0.3, -0.25) is 19.3 Å². The minimum absolute atomic E-state index is 0.0467. The quantitative estimate of drug-likeness (QED) is 0.134. The monoisotopic (exact) mass is 613 g/mol. The topological polar surface area (TPSA) is 154 Å². The number of pyridine rings is 1. The molecule has 0 aliphatic heterocycles. The molecule has 236 valence electrons. The Morgan fingerprint density at radius 3 is 2.42 bits per heavy atom. The van der Waals surface area contributed by atoms with Crippen molar-refractivity contribution in [1.29, 1.82) is 0 Å². The van der Waals surface area contributed by atoms with Gasteiger partial charge in [-0.1, -0.05) is 6.07 Å². The van der Waals surface area contributed by atoms with E-state index in [4.69, 9.17) is 20.2 Å². The molecule has 0 fully saturated rings. The van der Waals surface area contributed by atoms with Crippen molar-refractivity contribution < 1.29 is 23.9 Å². The number of rotatable bonds is 12. The van der Waals surface area contributed by atoms with Gasteiger partial charge in [0, 0.05) is 36.6 Å². The number of aliphatic imine (C=N–C) groups is 1. The maximum absolute atomic E-state index is 13.6. The summed E-state index contributed by atoms with van der Waals surface area (Å²) in [4.78, 5) is 52.3. The van der Waals surface area contributed by atoms with E-state index in [1.165, 1.54) is 4.90 Å². The molecule has 3 N–H and O–H groups in total. The highest BCUT2D eigenvalue weighted by Gasteiger charge is 2.23. The molecule has 0 aliphatic rings. The Bertz CT molecular complexity index is 1680. The Kier molecular flexibility index (Phi) is 10.5. The summed E-state index contributed by atoms with van der Waals surface area (Å²) in [5.41, 5.74) is 8.97. The van der Waals surface area contributed by atoms with E-state index in [-0.39, 0.29) is 50.0 Å². The van der Waals surface area contributed by atoms with Gasteiger partial charge in [-0.05, 0) is 82.3 Å². The molecule has 2 heterocycles. The number of esters is 2. The molecule has 0 saturated carbocycles. The van der Waals surface area contributed by atoms with Gasteiger partial charge in [0.05, 0.1) is 36.0 Å². The molecule has 0 spiro atoms. The molecule has 45 heavy (non-hydrogen) atoms. The molecular weight excluding hydrogens is 574 g/mol. The van der Waals surface area contributed by atoms with Crippen LogP contribution < -0.4 is 16.0 Å². The Hall–Kier alpha value is -5.26. The lowest BCUT2D eigenvalue weighted by molar-refractivity contribution is -0.152. The number of imidazole rings is 1. The molecule has 12 nitrogen and oxygen atoms in total. The van der Waals surface area contributed by atoms with Crippen molar-refractivity contribution in [2.75, 3.05) is 30.1 Å². The molecule has 4 rings (SSSR count). The number of benzene rings is 2. The zero-order valence-corrected chi connectivity index (χ0v) is 26.2. The first-order chi connectivity index (χ1) is 21.5. The van der Waals surface area contributed by atoms with E-state index in [9.17, 15) is 14.4 Å². The van der Waals surface area contributed by atoms with Crippen LogP contribution in [0.2, 0.25) is 0 Å². The van der Waals surface area contributed by atoms with Crippen molar-refractivity contribution in [1.82, 2.24) is 14.5 Å². The highest BCUT2D eigenvalue weighted by molar-refractivity contribution is 6.07. The van der Waals surface area contributed by atoms with Crippen LogP contribution in [0.3, 0.4) is 0 Å².